The number of para-hydroxylation sites is 1. The van der Waals surface area contributed by atoms with E-state index in [0.717, 1.165) is 0 Å². The second-order valence-corrected chi connectivity index (χ2v) is 6.56. The number of rotatable bonds is 6. The minimum absolute atomic E-state index is 0.0409. The molecule has 9 heteroatoms. The van der Waals surface area contributed by atoms with Gasteiger partial charge < -0.3 is 14.6 Å². The first-order valence-corrected chi connectivity index (χ1v) is 8.87. The Kier molecular flexibility index (Phi) is 5.94. The van der Waals surface area contributed by atoms with E-state index in [2.05, 4.69) is 5.32 Å². The number of anilines is 1. The topological polar surface area (TPSA) is 106 Å². The van der Waals surface area contributed by atoms with E-state index in [1.54, 1.807) is 30.3 Å². The molecule has 0 radical (unpaired) electrons. The summed E-state index contributed by atoms with van der Waals surface area (Å²) in [4.78, 5) is 36.1. The summed E-state index contributed by atoms with van der Waals surface area (Å²) in [5, 5.41) is 13.8. The summed E-state index contributed by atoms with van der Waals surface area (Å²) >= 11 is 6.00. The highest BCUT2D eigenvalue weighted by molar-refractivity contribution is 6.33. The van der Waals surface area contributed by atoms with Gasteiger partial charge in [0.1, 0.15) is 5.76 Å². The minimum atomic E-state index is -0.497. The number of carbonyl (C=O) groups is 2. The first-order valence-electron chi connectivity index (χ1n) is 8.49. The average Bonchev–Trinajstić information content (AvgIpc) is 3.19. The molecule has 2 aromatic carbocycles. The van der Waals surface area contributed by atoms with Crippen molar-refractivity contribution in [1.29, 1.82) is 0 Å². The zero-order valence-electron chi connectivity index (χ0n) is 15.3. The highest BCUT2D eigenvalue weighted by Gasteiger charge is 2.19. The number of non-ortho nitro benzene ring substituents is 1. The third-order valence-electron chi connectivity index (χ3n) is 4.05. The van der Waals surface area contributed by atoms with Crippen molar-refractivity contribution in [3.8, 4) is 11.3 Å². The number of carbonyl (C=O) groups excluding carboxylic acids is 2. The summed E-state index contributed by atoms with van der Waals surface area (Å²) in [5.41, 5.74) is 1.01. The lowest BCUT2D eigenvalue weighted by atomic mass is 10.1. The highest BCUT2D eigenvalue weighted by Crippen LogP contribution is 2.25. The molecular formula is C20H16ClN3O5. The first kappa shape index (κ1) is 20.1. The summed E-state index contributed by atoms with van der Waals surface area (Å²) in [5.74, 6) is -0.452. The molecule has 148 valence electrons. The summed E-state index contributed by atoms with van der Waals surface area (Å²) in [6, 6.07) is 15.6. The normalized spacial score (nSPS) is 10.4. The van der Waals surface area contributed by atoms with Crippen LogP contribution in [0.2, 0.25) is 5.02 Å². The summed E-state index contributed by atoms with van der Waals surface area (Å²) in [6.07, 6.45) is 0. The van der Waals surface area contributed by atoms with E-state index >= 15 is 0 Å². The zero-order chi connectivity index (χ0) is 21.0. The monoisotopic (exact) mass is 413 g/mol. The van der Waals surface area contributed by atoms with Crippen LogP contribution in [0.5, 0.6) is 0 Å². The standard InChI is InChI=1S/C20H16ClN3O5/c1-23(12-19(25)22-16-5-3-2-4-15(16)21)20(26)18-11-10-17(29-18)13-6-8-14(9-7-13)24(27)28/h2-11H,12H2,1H3,(H,22,25). The third-order valence-corrected chi connectivity index (χ3v) is 4.38. The molecule has 0 aliphatic rings. The fourth-order valence-electron chi connectivity index (χ4n) is 2.58. The van der Waals surface area contributed by atoms with Crippen LogP contribution in [0.25, 0.3) is 11.3 Å². The number of furan rings is 1. The smallest absolute Gasteiger partial charge is 0.289 e. The van der Waals surface area contributed by atoms with Gasteiger partial charge in [-0.2, -0.15) is 0 Å². The van der Waals surface area contributed by atoms with Crippen LogP contribution in [0.1, 0.15) is 10.6 Å². The van der Waals surface area contributed by atoms with Gasteiger partial charge in [0.25, 0.3) is 11.6 Å². The molecule has 0 aliphatic carbocycles. The van der Waals surface area contributed by atoms with Gasteiger partial charge in [-0.25, -0.2) is 0 Å². The molecule has 1 heterocycles. The second-order valence-electron chi connectivity index (χ2n) is 6.16. The Morgan fingerprint density at radius 1 is 1.10 bits per heavy atom. The number of likely N-dealkylation sites (N-methyl/N-ethyl adjacent to an activating group) is 1. The molecule has 0 atom stereocenters. The summed E-state index contributed by atoms with van der Waals surface area (Å²) in [7, 11) is 1.47. The van der Waals surface area contributed by atoms with E-state index in [9.17, 15) is 19.7 Å². The number of nitrogens with zero attached hydrogens (tertiary/aromatic N) is 2. The maximum Gasteiger partial charge on any atom is 0.289 e. The number of amides is 2. The predicted molar refractivity (Wildman–Crippen MR) is 108 cm³/mol. The molecule has 1 N–H and O–H groups in total. The molecule has 0 unspecified atom stereocenters. The Bertz CT molecular complexity index is 1060. The maximum absolute atomic E-state index is 12.5. The summed E-state index contributed by atoms with van der Waals surface area (Å²) < 4.78 is 5.56. The maximum atomic E-state index is 12.5. The number of hydrogen-bond acceptors (Lipinski definition) is 5. The van der Waals surface area contributed by atoms with Crippen LogP contribution in [0.15, 0.2) is 65.1 Å². The molecule has 0 aliphatic heterocycles. The van der Waals surface area contributed by atoms with Crippen LogP contribution >= 0.6 is 11.6 Å². The van der Waals surface area contributed by atoms with E-state index in [4.69, 9.17) is 16.0 Å². The van der Waals surface area contributed by atoms with Crippen molar-refractivity contribution in [2.24, 2.45) is 0 Å². The Morgan fingerprint density at radius 2 is 1.79 bits per heavy atom. The van der Waals surface area contributed by atoms with Crippen LogP contribution in [-0.2, 0) is 4.79 Å². The van der Waals surface area contributed by atoms with E-state index in [-0.39, 0.29) is 18.0 Å². The van der Waals surface area contributed by atoms with Crippen LogP contribution in [-0.4, -0.2) is 35.2 Å². The fraction of sp³-hybridized carbons (Fsp3) is 0.100. The molecule has 3 aromatic rings. The lowest BCUT2D eigenvalue weighted by Crippen LogP contribution is -2.34. The number of nitro groups is 1. The molecule has 0 spiro atoms. The Hall–Kier alpha value is -3.65. The van der Waals surface area contributed by atoms with Crippen LogP contribution in [0, 0.1) is 10.1 Å². The molecule has 3 rings (SSSR count). The van der Waals surface area contributed by atoms with Crippen molar-refractivity contribution >= 4 is 34.8 Å². The van der Waals surface area contributed by atoms with E-state index in [1.807, 2.05) is 0 Å². The van der Waals surface area contributed by atoms with Gasteiger partial charge in [0, 0.05) is 24.7 Å². The van der Waals surface area contributed by atoms with Gasteiger partial charge in [0.05, 0.1) is 22.2 Å². The van der Waals surface area contributed by atoms with Crippen molar-refractivity contribution in [2.75, 3.05) is 18.9 Å². The quantitative estimate of drug-likeness (QED) is 0.481. The van der Waals surface area contributed by atoms with Crippen molar-refractivity contribution in [1.82, 2.24) is 4.90 Å². The van der Waals surface area contributed by atoms with Gasteiger partial charge in [-0.05, 0) is 36.4 Å². The van der Waals surface area contributed by atoms with E-state index in [0.29, 0.717) is 22.0 Å². The van der Waals surface area contributed by atoms with Crippen molar-refractivity contribution in [3.05, 3.63) is 81.6 Å². The fourth-order valence-corrected chi connectivity index (χ4v) is 2.77. The van der Waals surface area contributed by atoms with Crippen molar-refractivity contribution in [2.45, 2.75) is 0 Å². The lowest BCUT2D eigenvalue weighted by Gasteiger charge is -2.15. The van der Waals surface area contributed by atoms with Crippen LogP contribution in [0.4, 0.5) is 11.4 Å². The van der Waals surface area contributed by atoms with Crippen molar-refractivity contribution < 1.29 is 18.9 Å². The van der Waals surface area contributed by atoms with Gasteiger partial charge in [-0.15, -0.1) is 0 Å². The predicted octanol–water partition coefficient (Wildman–Crippen LogP) is 4.22. The van der Waals surface area contributed by atoms with E-state index < -0.39 is 16.7 Å². The van der Waals surface area contributed by atoms with Gasteiger partial charge in [0.15, 0.2) is 5.76 Å². The van der Waals surface area contributed by atoms with Crippen LogP contribution in [0.3, 0.4) is 0 Å². The number of hydrogen-bond donors (Lipinski definition) is 1. The number of nitrogens with one attached hydrogen (secondary N) is 1. The van der Waals surface area contributed by atoms with Crippen LogP contribution < -0.4 is 5.32 Å². The zero-order valence-corrected chi connectivity index (χ0v) is 16.1. The van der Waals surface area contributed by atoms with Gasteiger partial charge >= 0.3 is 0 Å². The highest BCUT2D eigenvalue weighted by atomic mass is 35.5. The van der Waals surface area contributed by atoms with Gasteiger partial charge in [-0.1, -0.05) is 23.7 Å². The largest absolute Gasteiger partial charge is 0.451 e. The molecular weight excluding hydrogens is 398 g/mol. The Morgan fingerprint density at radius 3 is 2.45 bits per heavy atom. The molecule has 29 heavy (non-hydrogen) atoms. The SMILES string of the molecule is CN(CC(=O)Nc1ccccc1Cl)C(=O)c1ccc(-c2ccc([N+](=O)[O-])cc2)o1. The first-order chi connectivity index (χ1) is 13.8. The molecule has 2 amide bonds. The molecule has 0 saturated heterocycles. The van der Waals surface area contributed by atoms with Crippen molar-refractivity contribution in [3.63, 3.8) is 0 Å². The second kappa shape index (κ2) is 8.57. The molecule has 0 saturated carbocycles. The van der Waals surface area contributed by atoms with Gasteiger partial charge in [-0.3, -0.25) is 19.7 Å². The summed E-state index contributed by atoms with van der Waals surface area (Å²) in [6.45, 7) is -0.197. The average molecular weight is 414 g/mol. The Balaban J connectivity index is 1.65. The molecule has 1 aromatic heterocycles. The number of halogens is 1. The minimum Gasteiger partial charge on any atom is -0.451 e. The Labute approximate surface area is 170 Å². The molecule has 0 bridgehead atoms. The van der Waals surface area contributed by atoms with E-state index in [1.165, 1.54) is 42.3 Å². The lowest BCUT2D eigenvalue weighted by molar-refractivity contribution is -0.384. The molecule has 0 fully saturated rings. The van der Waals surface area contributed by atoms with Gasteiger partial charge in [0.2, 0.25) is 5.91 Å². The third kappa shape index (κ3) is 4.80. The molecule has 8 nitrogen and oxygen atoms in total. The number of nitro benzene ring substituents is 1. The number of benzene rings is 2.